The zero-order chi connectivity index (χ0) is 17.2. The molecule has 4 rings (SSSR count). The normalized spacial score (nSPS) is 13.6. The molecule has 4 heteroatoms. The van der Waals surface area contributed by atoms with Crippen LogP contribution >= 0.6 is 0 Å². The molecule has 126 valence electrons. The minimum absolute atomic E-state index is 0.262. The molecule has 1 fully saturated rings. The van der Waals surface area contributed by atoms with E-state index in [1.165, 1.54) is 5.56 Å². The largest absolute Gasteiger partial charge is 0.497 e. The van der Waals surface area contributed by atoms with E-state index in [-0.39, 0.29) is 11.7 Å². The molecule has 3 aromatic rings. The second kappa shape index (κ2) is 6.55. The van der Waals surface area contributed by atoms with E-state index in [1.54, 1.807) is 7.11 Å². The van der Waals surface area contributed by atoms with E-state index in [9.17, 15) is 4.79 Å². The Bertz CT molecular complexity index is 875. The number of ketones is 1. The van der Waals surface area contributed by atoms with Gasteiger partial charge in [0.1, 0.15) is 5.75 Å². The standard InChI is InChI=1S/C21H20N2O2/c1-25-20-10-2-15(3-11-20)13-23-14-19(12-22-23)16-4-6-17(7-5-16)21(24)18-8-9-18/h2-7,10-12,14,18H,8-9,13H2,1H3. The van der Waals surface area contributed by atoms with Crippen molar-refractivity contribution in [3.05, 3.63) is 72.1 Å². The van der Waals surface area contributed by atoms with Crippen molar-refractivity contribution in [2.45, 2.75) is 19.4 Å². The van der Waals surface area contributed by atoms with Crippen LogP contribution in [-0.2, 0) is 6.54 Å². The molecule has 0 atom stereocenters. The van der Waals surface area contributed by atoms with Gasteiger partial charge in [-0.25, -0.2) is 0 Å². The van der Waals surface area contributed by atoms with Gasteiger partial charge in [-0.3, -0.25) is 9.48 Å². The van der Waals surface area contributed by atoms with E-state index in [0.29, 0.717) is 6.54 Å². The van der Waals surface area contributed by atoms with Gasteiger partial charge in [0.05, 0.1) is 19.9 Å². The summed E-state index contributed by atoms with van der Waals surface area (Å²) in [6.07, 6.45) is 5.97. The van der Waals surface area contributed by atoms with Crippen LogP contribution in [0.3, 0.4) is 0 Å². The lowest BCUT2D eigenvalue weighted by atomic mass is 10.0. The molecule has 1 heterocycles. The molecule has 1 aromatic heterocycles. The fourth-order valence-electron chi connectivity index (χ4n) is 2.93. The molecular weight excluding hydrogens is 312 g/mol. The summed E-state index contributed by atoms with van der Waals surface area (Å²) in [5.41, 5.74) is 4.12. The molecule has 1 aliphatic rings. The lowest BCUT2D eigenvalue weighted by Crippen LogP contribution is -2.00. The molecule has 0 N–H and O–H groups in total. The Morgan fingerprint density at radius 1 is 1.08 bits per heavy atom. The first-order chi connectivity index (χ1) is 12.2. The van der Waals surface area contributed by atoms with Crippen molar-refractivity contribution in [1.82, 2.24) is 9.78 Å². The van der Waals surface area contributed by atoms with Crippen LogP contribution < -0.4 is 4.74 Å². The Morgan fingerprint density at radius 2 is 1.80 bits per heavy atom. The van der Waals surface area contributed by atoms with Crippen molar-refractivity contribution in [2.24, 2.45) is 5.92 Å². The summed E-state index contributed by atoms with van der Waals surface area (Å²) in [5, 5.41) is 4.44. The molecule has 0 saturated heterocycles. The predicted octanol–water partition coefficient (Wildman–Crippen LogP) is 4.20. The summed E-state index contributed by atoms with van der Waals surface area (Å²) < 4.78 is 7.10. The Morgan fingerprint density at radius 3 is 2.44 bits per heavy atom. The number of nitrogens with zero attached hydrogens (tertiary/aromatic N) is 2. The van der Waals surface area contributed by atoms with Crippen molar-refractivity contribution in [1.29, 1.82) is 0 Å². The Labute approximate surface area is 147 Å². The van der Waals surface area contributed by atoms with Gasteiger partial charge in [0, 0.05) is 23.2 Å². The maximum absolute atomic E-state index is 12.1. The third kappa shape index (κ3) is 3.48. The van der Waals surface area contributed by atoms with E-state index in [1.807, 2.05) is 65.6 Å². The van der Waals surface area contributed by atoms with E-state index in [0.717, 1.165) is 35.3 Å². The number of ether oxygens (including phenoxy) is 1. The highest BCUT2D eigenvalue weighted by Gasteiger charge is 2.30. The van der Waals surface area contributed by atoms with E-state index in [4.69, 9.17) is 4.74 Å². The number of benzene rings is 2. The van der Waals surface area contributed by atoms with Gasteiger partial charge in [0.15, 0.2) is 5.78 Å². The molecule has 0 spiro atoms. The number of carbonyl (C=O) groups excluding carboxylic acids is 1. The molecule has 2 aromatic carbocycles. The van der Waals surface area contributed by atoms with E-state index >= 15 is 0 Å². The molecule has 0 aliphatic heterocycles. The summed E-state index contributed by atoms with van der Waals surface area (Å²) in [5.74, 6) is 1.39. The second-order valence-electron chi connectivity index (χ2n) is 6.49. The summed E-state index contributed by atoms with van der Waals surface area (Å²) in [4.78, 5) is 12.1. The topological polar surface area (TPSA) is 44.1 Å². The van der Waals surface area contributed by atoms with Gasteiger partial charge in [-0.1, -0.05) is 36.4 Å². The van der Waals surface area contributed by atoms with Gasteiger partial charge < -0.3 is 4.74 Å². The Hall–Kier alpha value is -2.88. The van der Waals surface area contributed by atoms with Gasteiger partial charge >= 0.3 is 0 Å². The van der Waals surface area contributed by atoms with Crippen molar-refractivity contribution in [3.8, 4) is 16.9 Å². The quantitative estimate of drug-likeness (QED) is 0.636. The third-order valence-electron chi connectivity index (χ3n) is 4.59. The number of methoxy groups -OCH3 is 1. The summed E-state index contributed by atoms with van der Waals surface area (Å²) in [6, 6.07) is 15.9. The summed E-state index contributed by atoms with van der Waals surface area (Å²) in [6.45, 7) is 0.711. The zero-order valence-corrected chi connectivity index (χ0v) is 14.2. The number of Topliss-reactive ketones (excluding diaryl/α,β-unsaturated/α-hetero) is 1. The first-order valence-corrected chi connectivity index (χ1v) is 8.53. The average Bonchev–Trinajstić information content (AvgIpc) is 3.41. The van der Waals surface area contributed by atoms with Gasteiger partial charge in [0.2, 0.25) is 0 Å². The number of hydrogen-bond donors (Lipinski definition) is 0. The van der Waals surface area contributed by atoms with Crippen LogP contribution in [0.5, 0.6) is 5.75 Å². The van der Waals surface area contributed by atoms with Crippen LogP contribution in [0.4, 0.5) is 0 Å². The second-order valence-corrected chi connectivity index (χ2v) is 6.49. The molecule has 4 nitrogen and oxygen atoms in total. The monoisotopic (exact) mass is 332 g/mol. The maximum Gasteiger partial charge on any atom is 0.165 e. The molecule has 0 radical (unpaired) electrons. The van der Waals surface area contributed by atoms with Crippen LogP contribution in [0.25, 0.3) is 11.1 Å². The lowest BCUT2D eigenvalue weighted by molar-refractivity contribution is 0.0967. The number of aromatic nitrogens is 2. The fraction of sp³-hybridized carbons (Fsp3) is 0.238. The smallest absolute Gasteiger partial charge is 0.165 e. The highest BCUT2D eigenvalue weighted by molar-refractivity contribution is 5.99. The SMILES string of the molecule is COc1ccc(Cn2cc(-c3ccc(C(=O)C4CC4)cc3)cn2)cc1. The van der Waals surface area contributed by atoms with Crippen molar-refractivity contribution < 1.29 is 9.53 Å². The van der Waals surface area contributed by atoms with Crippen LogP contribution in [0.15, 0.2) is 60.9 Å². The molecular formula is C21H20N2O2. The maximum atomic E-state index is 12.1. The number of hydrogen-bond acceptors (Lipinski definition) is 3. The molecule has 1 aliphatic carbocycles. The molecule has 0 unspecified atom stereocenters. The van der Waals surface area contributed by atoms with E-state index < -0.39 is 0 Å². The van der Waals surface area contributed by atoms with Crippen molar-refractivity contribution in [3.63, 3.8) is 0 Å². The first kappa shape index (κ1) is 15.6. The third-order valence-corrected chi connectivity index (χ3v) is 4.59. The molecule has 1 saturated carbocycles. The van der Waals surface area contributed by atoms with Crippen LogP contribution in [0.2, 0.25) is 0 Å². The highest BCUT2D eigenvalue weighted by atomic mass is 16.5. The van der Waals surface area contributed by atoms with Gasteiger partial charge in [-0.15, -0.1) is 0 Å². The van der Waals surface area contributed by atoms with Gasteiger partial charge in [-0.05, 0) is 36.1 Å². The van der Waals surface area contributed by atoms with Crippen molar-refractivity contribution in [2.75, 3.05) is 7.11 Å². The van der Waals surface area contributed by atoms with Crippen molar-refractivity contribution >= 4 is 5.78 Å². The van der Waals surface area contributed by atoms with E-state index in [2.05, 4.69) is 5.10 Å². The van der Waals surface area contributed by atoms with Crippen LogP contribution in [0.1, 0.15) is 28.8 Å². The minimum atomic E-state index is 0.262. The molecule has 0 bridgehead atoms. The number of rotatable bonds is 6. The first-order valence-electron chi connectivity index (χ1n) is 8.53. The Balaban J connectivity index is 1.47. The predicted molar refractivity (Wildman–Crippen MR) is 96.8 cm³/mol. The van der Waals surface area contributed by atoms with Gasteiger partial charge in [0.25, 0.3) is 0 Å². The summed E-state index contributed by atoms with van der Waals surface area (Å²) in [7, 11) is 1.66. The lowest BCUT2D eigenvalue weighted by Gasteiger charge is -2.04. The Kier molecular flexibility index (Phi) is 4.10. The number of carbonyl (C=O) groups is 1. The average molecular weight is 332 g/mol. The fourth-order valence-corrected chi connectivity index (χ4v) is 2.93. The minimum Gasteiger partial charge on any atom is -0.497 e. The molecule has 25 heavy (non-hydrogen) atoms. The molecule has 0 amide bonds. The van der Waals surface area contributed by atoms with Crippen LogP contribution in [0, 0.1) is 5.92 Å². The highest BCUT2D eigenvalue weighted by Crippen LogP contribution is 2.33. The van der Waals surface area contributed by atoms with Crippen LogP contribution in [-0.4, -0.2) is 22.7 Å². The van der Waals surface area contributed by atoms with Gasteiger partial charge in [-0.2, -0.15) is 5.10 Å². The summed E-state index contributed by atoms with van der Waals surface area (Å²) >= 11 is 0. The zero-order valence-electron chi connectivity index (χ0n) is 14.2.